The van der Waals surface area contributed by atoms with Crippen LogP contribution in [0.2, 0.25) is 0 Å². The van der Waals surface area contributed by atoms with Crippen LogP contribution in [0.15, 0.2) is 53.1 Å². The van der Waals surface area contributed by atoms with Gasteiger partial charge < -0.3 is 14.0 Å². The first-order chi connectivity index (χ1) is 15.8. The molecule has 1 heterocycles. The van der Waals surface area contributed by atoms with Crippen LogP contribution in [0.4, 0.5) is 10.5 Å². The summed E-state index contributed by atoms with van der Waals surface area (Å²) < 4.78 is 15.9. The Kier molecular flexibility index (Phi) is 6.22. The first-order valence-corrected chi connectivity index (χ1v) is 11.2. The van der Waals surface area contributed by atoms with Crippen molar-refractivity contribution in [3.8, 4) is 22.5 Å². The van der Waals surface area contributed by atoms with Gasteiger partial charge in [-0.3, -0.25) is 10.1 Å². The summed E-state index contributed by atoms with van der Waals surface area (Å²) in [4.78, 5) is 24.4. The van der Waals surface area contributed by atoms with E-state index in [0.29, 0.717) is 23.7 Å². The zero-order chi connectivity index (χ0) is 23.6. The molecule has 1 amide bonds. The van der Waals surface area contributed by atoms with Gasteiger partial charge in [0.1, 0.15) is 11.4 Å². The molecule has 1 fully saturated rings. The Morgan fingerprint density at radius 1 is 1.03 bits per heavy atom. The van der Waals surface area contributed by atoms with E-state index in [4.69, 9.17) is 14.0 Å². The second-order valence-corrected chi connectivity index (χ2v) is 8.51. The van der Waals surface area contributed by atoms with Crippen molar-refractivity contribution in [2.45, 2.75) is 52.1 Å². The van der Waals surface area contributed by atoms with E-state index in [2.05, 4.69) is 10.5 Å². The van der Waals surface area contributed by atoms with Crippen LogP contribution >= 0.6 is 0 Å². The molecule has 2 aromatic carbocycles. The zero-order valence-electron chi connectivity index (χ0n) is 19.3. The van der Waals surface area contributed by atoms with Gasteiger partial charge in [-0.1, -0.05) is 53.7 Å². The molecule has 0 aliphatic heterocycles. The molecule has 0 bridgehead atoms. The highest BCUT2D eigenvalue weighted by atomic mass is 16.6. The van der Waals surface area contributed by atoms with E-state index in [9.17, 15) is 9.59 Å². The van der Waals surface area contributed by atoms with E-state index >= 15 is 0 Å². The Morgan fingerprint density at radius 2 is 1.61 bits per heavy atom. The van der Waals surface area contributed by atoms with Crippen molar-refractivity contribution in [2.75, 3.05) is 11.9 Å². The monoisotopic (exact) mass is 448 g/mol. The van der Waals surface area contributed by atoms with Gasteiger partial charge >= 0.3 is 12.1 Å². The lowest BCUT2D eigenvalue weighted by atomic mass is 9.93. The Hall–Kier alpha value is -3.61. The van der Waals surface area contributed by atoms with E-state index in [0.717, 1.165) is 35.1 Å². The topological polar surface area (TPSA) is 90.7 Å². The molecule has 1 aliphatic carbocycles. The molecule has 172 valence electrons. The maximum atomic E-state index is 12.3. The maximum Gasteiger partial charge on any atom is 0.412 e. The molecule has 7 heteroatoms. The van der Waals surface area contributed by atoms with Crippen LogP contribution in [0, 0.1) is 6.92 Å². The van der Waals surface area contributed by atoms with Crippen molar-refractivity contribution < 1.29 is 23.6 Å². The molecule has 0 saturated heterocycles. The third kappa shape index (κ3) is 4.62. The van der Waals surface area contributed by atoms with Gasteiger partial charge in [-0.15, -0.1) is 0 Å². The first-order valence-electron chi connectivity index (χ1n) is 11.2. The summed E-state index contributed by atoms with van der Waals surface area (Å²) in [5, 5.41) is 6.71. The van der Waals surface area contributed by atoms with Crippen molar-refractivity contribution >= 4 is 17.7 Å². The molecule has 33 heavy (non-hydrogen) atoms. The molecule has 0 radical (unpaired) electrons. The average molecular weight is 449 g/mol. The number of rotatable bonds is 7. The highest BCUT2D eigenvalue weighted by Gasteiger charge is 2.52. The number of nitrogens with one attached hydrogen (secondary N) is 1. The molecule has 1 aromatic heterocycles. The Bertz CT molecular complexity index is 1140. The fourth-order valence-electron chi connectivity index (χ4n) is 3.86. The smallest absolute Gasteiger partial charge is 0.412 e. The molecule has 7 nitrogen and oxygen atoms in total. The fraction of sp³-hybridized carbons (Fsp3) is 0.346. The Balaban J connectivity index is 1.52. The molecular weight excluding hydrogens is 420 g/mol. The Morgan fingerprint density at radius 3 is 2.15 bits per heavy atom. The fourth-order valence-corrected chi connectivity index (χ4v) is 3.86. The predicted molar refractivity (Wildman–Crippen MR) is 125 cm³/mol. The van der Waals surface area contributed by atoms with Crippen LogP contribution in [-0.4, -0.2) is 29.9 Å². The lowest BCUT2D eigenvalue weighted by Crippen LogP contribution is -2.23. The third-order valence-corrected chi connectivity index (χ3v) is 5.77. The standard InChI is InChI=1S/C26H28N2O5/c1-5-31-24(29)26(14-15-26)21-12-10-19(11-13-21)18-6-8-20(9-7-18)23-22(17(4)28-33-23)27-25(30)32-16(2)3/h6-13,16H,5,14-15H2,1-4H3,(H,27,30). The summed E-state index contributed by atoms with van der Waals surface area (Å²) in [5.41, 5.74) is 4.45. The number of carbonyl (C=O) groups is 2. The average Bonchev–Trinajstić information content (AvgIpc) is 3.53. The van der Waals surface area contributed by atoms with Crippen LogP contribution < -0.4 is 5.32 Å². The summed E-state index contributed by atoms with van der Waals surface area (Å²) in [5.74, 6) is 0.339. The predicted octanol–water partition coefficient (Wildman–Crippen LogP) is 5.87. The molecule has 3 aromatic rings. The second-order valence-electron chi connectivity index (χ2n) is 8.51. The molecule has 0 spiro atoms. The van der Waals surface area contributed by atoms with Gasteiger partial charge in [0.05, 0.1) is 18.1 Å². The highest BCUT2D eigenvalue weighted by molar-refractivity contribution is 5.91. The van der Waals surface area contributed by atoms with Crippen molar-refractivity contribution in [1.29, 1.82) is 0 Å². The van der Waals surface area contributed by atoms with E-state index in [1.165, 1.54) is 0 Å². The minimum absolute atomic E-state index is 0.133. The van der Waals surface area contributed by atoms with Crippen LogP contribution in [0.1, 0.15) is 44.9 Å². The van der Waals surface area contributed by atoms with Gasteiger partial charge in [0.25, 0.3) is 0 Å². The number of benzene rings is 2. The van der Waals surface area contributed by atoms with Gasteiger partial charge in [0, 0.05) is 5.56 Å². The van der Waals surface area contributed by atoms with Gasteiger partial charge in [0.2, 0.25) is 0 Å². The Labute approximate surface area is 193 Å². The number of hydrogen-bond donors (Lipinski definition) is 1. The lowest BCUT2D eigenvalue weighted by Gasteiger charge is -2.14. The molecule has 4 rings (SSSR count). The van der Waals surface area contributed by atoms with Crippen molar-refractivity contribution in [2.24, 2.45) is 0 Å². The summed E-state index contributed by atoms with van der Waals surface area (Å²) >= 11 is 0. The molecular formula is C26H28N2O5. The molecule has 0 atom stereocenters. The van der Waals surface area contributed by atoms with E-state index in [1.807, 2.05) is 55.5 Å². The summed E-state index contributed by atoms with van der Waals surface area (Å²) in [7, 11) is 0. The van der Waals surface area contributed by atoms with Gasteiger partial charge in [-0.05, 0) is 57.2 Å². The number of esters is 1. The number of aryl methyl sites for hydroxylation is 1. The molecule has 1 aliphatic rings. The molecule has 1 saturated carbocycles. The minimum Gasteiger partial charge on any atom is -0.465 e. The minimum atomic E-state index is -0.550. The van der Waals surface area contributed by atoms with Crippen molar-refractivity contribution in [1.82, 2.24) is 5.16 Å². The lowest BCUT2D eigenvalue weighted by molar-refractivity contribution is -0.146. The number of nitrogens with zero attached hydrogens (tertiary/aromatic N) is 1. The SMILES string of the molecule is CCOC(=O)C1(c2ccc(-c3ccc(-c4onc(C)c4NC(=O)OC(C)C)cc3)cc2)CC1. The van der Waals surface area contributed by atoms with Crippen LogP contribution in [-0.2, 0) is 19.7 Å². The van der Waals surface area contributed by atoms with E-state index in [-0.39, 0.29) is 12.1 Å². The number of amides is 1. The van der Waals surface area contributed by atoms with Crippen LogP contribution in [0.5, 0.6) is 0 Å². The van der Waals surface area contributed by atoms with Gasteiger partial charge in [-0.2, -0.15) is 0 Å². The van der Waals surface area contributed by atoms with Gasteiger partial charge in [-0.25, -0.2) is 4.79 Å². The van der Waals surface area contributed by atoms with E-state index in [1.54, 1.807) is 20.8 Å². The molecule has 0 unspecified atom stereocenters. The number of aromatic nitrogens is 1. The third-order valence-electron chi connectivity index (χ3n) is 5.77. The first kappa shape index (κ1) is 22.6. The van der Waals surface area contributed by atoms with Crippen molar-refractivity contribution in [3.63, 3.8) is 0 Å². The van der Waals surface area contributed by atoms with Gasteiger partial charge in [0.15, 0.2) is 5.76 Å². The van der Waals surface area contributed by atoms with Crippen LogP contribution in [0.25, 0.3) is 22.5 Å². The molecule has 1 N–H and O–H groups in total. The normalized spacial score (nSPS) is 14.1. The summed E-state index contributed by atoms with van der Waals surface area (Å²) in [6.45, 7) is 7.56. The quantitative estimate of drug-likeness (QED) is 0.455. The van der Waals surface area contributed by atoms with Crippen molar-refractivity contribution in [3.05, 3.63) is 59.8 Å². The number of hydrogen-bond acceptors (Lipinski definition) is 6. The number of anilines is 1. The maximum absolute atomic E-state index is 12.3. The van der Waals surface area contributed by atoms with E-state index < -0.39 is 11.5 Å². The number of carbonyl (C=O) groups excluding carboxylic acids is 2. The summed E-state index contributed by atoms with van der Waals surface area (Å²) in [6.07, 6.45) is 0.881. The second kappa shape index (κ2) is 9.10. The highest BCUT2D eigenvalue weighted by Crippen LogP contribution is 2.49. The largest absolute Gasteiger partial charge is 0.465 e. The number of ether oxygens (including phenoxy) is 2. The zero-order valence-corrected chi connectivity index (χ0v) is 19.3. The van der Waals surface area contributed by atoms with Crippen LogP contribution in [0.3, 0.4) is 0 Å². The summed E-state index contributed by atoms with van der Waals surface area (Å²) in [6, 6.07) is 15.9.